The van der Waals surface area contributed by atoms with Gasteiger partial charge < -0.3 is 0 Å². The van der Waals surface area contributed by atoms with E-state index in [4.69, 9.17) is 20.0 Å². The topological polar surface area (TPSA) is 50.5 Å². The molecule has 0 saturated heterocycles. The minimum Gasteiger partial charge on any atom is -0.254 e. The van der Waals surface area contributed by atoms with E-state index in [1.165, 1.54) is 0 Å². The molecule has 10 rings (SSSR count). The maximum Gasteiger partial charge on any atom is 0.0826 e. The van der Waals surface area contributed by atoms with E-state index >= 15 is 0 Å². The lowest BCUT2D eigenvalue weighted by molar-refractivity contribution is 1.37. The number of aromatic nitrogens is 2. The fraction of sp³-hybridized carbons (Fsp3) is 0. The Morgan fingerprint density at radius 3 is 1.16 bits per heavy atom. The maximum absolute atomic E-state index is 5.24. The van der Waals surface area contributed by atoms with Gasteiger partial charge in [0.05, 0.1) is 46.2 Å². The molecule has 0 bridgehead atoms. The van der Waals surface area contributed by atoms with Crippen LogP contribution in [0.5, 0.6) is 0 Å². The van der Waals surface area contributed by atoms with Gasteiger partial charge in [0.2, 0.25) is 0 Å². The van der Waals surface area contributed by atoms with E-state index < -0.39 is 0 Å². The zero-order chi connectivity index (χ0) is 37.3. The first-order chi connectivity index (χ1) is 27.8. The minimum atomic E-state index is 0.787. The highest BCUT2D eigenvalue weighted by Crippen LogP contribution is 2.45. The molecule has 0 amide bonds. The molecule has 0 saturated carbocycles. The standard InChI is InChI=1S/C52H34N4/c1-3-15-35(16-4-1)45-31-39(55-47-25-13-11-23-43(45)47)33-53-49-29-27-37-19-7-9-21-41(37)51(49)52-42-22-10-8-20-38(42)28-30-50(52)54-34-40-32-46(36-17-5-2-6-18-36)44-24-12-14-26-48(44)56-40/h1-34H. The second-order valence-corrected chi connectivity index (χ2v) is 13.8. The zero-order valence-corrected chi connectivity index (χ0v) is 30.4. The Morgan fingerprint density at radius 1 is 0.339 bits per heavy atom. The molecular weight excluding hydrogens is 681 g/mol. The van der Waals surface area contributed by atoms with Crippen molar-refractivity contribution in [1.29, 1.82) is 0 Å². The third-order valence-electron chi connectivity index (χ3n) is 10.4. The molecule has 262 valence electrons. The van der Waals surface area contributed by atoms with E-state index in [0.717, 1.165) is 99.5 Å². The van der Waals surface area contributed by atoms with E-state index in [0.29, 0.717) is 0 Å². The Hall–Kier alpha value is -7.56. The van der Waals surface area contributed by atoms with Crippen LogP contribution in [0, 0.1) is 0 Å². The van der Waals surface area contributed by atoms with Gasteiger partial charge in [0.15, 0.2) is 0 Å². The molecule has 0 aliphatic rings. The van der Waals surface area contributed by atoms with Crippen molar-refractivity contribution in [2.45, 2.75) is 0 Å². The molecule has 10 aromatic rings. The number of hydrogen-bond donors (Lipinski definition) is 0. The van der Waals surface area contributed by atoms with Crippen molar-refractivity contribution >= 4 is 67.2 Å². The number of nitrogens with zero attached hydrogens (tertiary/aromatic N) is 4. The van der Waals surface area contributed by atoms with Crippen LogP contribution in [-0.4, -0.2) is 22.4 Å². The predicted molar refractivity (Wildman–Crippen MR) is 236 cm³/mol. The number of hydrogen-bond acceptors (Lipinski definition) is 4. The molecule has 2 aromatic heterocycles. The summed E-state index contributed by atoms with van der Waals surface area (Å²) in [5.41, 5.74) is 11.7. The number of para-hydroxylation sites is 2. The van der Waals surface area contributed by atoms with Crippen molar-refractivity contribution in [2.24, 2.45) is 9.98 Å². The van der Waals surface area contributed by atoms with Crippen molar-refractivity contribution in [3.63, 3.8) is 0 Å². The van der Waals surface area contributed by atoms with Crippen molar-refractivity contribution in [3.8, 4) is 33.4 Å². The predicted octanol–water partition coefficient (Wildman–Crippen LogP) is 13.6. The van der Waals surface area contributed by atoms with Gasteiger partial charge in [0, 0.05) is 21.9 Å². The summed E-state index contributed by atoms with van der Waals surface area (Å²) < 4.78 is 0. The molecule has 4 heteroatoms. The van der Waals surface area contributed by atoms with Crippen molar-refractivity contribution in [3.05, 3.63) is 206 Å². The van der Waals surface area contributed by atoms with E-state index in [1.54, 1.807) is 0 Å². The average molecular weight is 715 g/mol. The second kappa shape index (κ2) is 14.3. The van der Waals surface area contributed by atoms with Gasteiger partial charge in [-0.05, 0) is 80.2 Å². The van der Waals surface area contributed by atoms with E-state index in [2.05, 4.69) is 170 Å². The van der Waals surface area contributed by atoms with E-state index in [1.807, 2.05) is 36.7 Å². The van der Waals surface area contributed by atoms with Crippen molar-refractivity contribution in [2.75, 3.05) is 0 Å². The molecule has 4 nitrogen and oxygen atoms in total. The summed E-state index contributed by atoms with van der Waals surface area (Å²) in [6, 6.07) is 67.3. The highest BCUT2D eigenvalue weighted by Gasteiger charge is 2.17. The third-order valence-corrected chi connectivity index (χ3v) is 10.4. The summed E-state index contributed by atoms with van der Waals surface area (Å²) >= 11 is 0. The van der Waals surface area contributed by atoms with Crippen LogP contribution in [0.25, 0.3) is 76.7 Å². The third kappa shape index (κ3) is 6.19. The Morgan fingerprint density at radius 2 is 0.714 bits per heavy atom. The Balaban J connectivity index is 1.15. The van der Waals surface area contributed by atoms with E-state index in [9.17, 15) is 0 Å². The summed E-state index contributed by atoms with van der Waals surface area (Å²) in [6.45, 7) is 0. The molecule has 8 aromatic carbocycles. The summed E-state index contributed by atoms with van der Waals surface area (Å²) in [5, 5.41) is 6.67. The smallest absolute Gasteiger partial charge is 0.0826 e. The molecule has 0 N–H and O–H groups in total. The lowest BCUT2D eigenvalue weighted by Crippen LogP contribution is -1.93. The molecule has 2 heterocycles. The first kappa shape index (κ1) is 33.0. The van der Waals surface area contributed by atoms with Crippen molar-refractivity contribution < 1.29 is 0 Å². The molecule has 0 atom stereocenters. The number of fused-ring (bicyclic) bond motifs is 4. The monoisotopic (exact) mass is 714 g/mol. The van der Waals surface area contributed by atoms with Crippen molar-refractivity contribution in [1.82, 2.24) is 9.97 Å². The van der Waals surface area contributed by atoms with Crippen LogP contribution >= 0.6 is 0 Å². The van der Waals surface area contributed by atoms with Gasteiger partial charge in [-0.1, -0.05) is 158 Å². The Labute approximate surface area is 324 Å². The SMILES string of the molecule is C(=Nc1ccc2ccccc2c1-c1c(N=Cc2cc(-c3ccccc3)c3ccccc3n2)ccc2ccccc12)c1cc(-c2ccccc2)c2ccccc2n1. The molecule has 56 heavy (non-hydrogen) atoms. The van der Waals surface area contributed by atoms with Gasteiger partial charge in [0.25, 0.3) is 0 Å². The fourth-order valence-corrected chi connectivity index (χ4v) is 7.77. The first-order valence-electron chi connectivity index (χ1n) is 18.8. The van der Waals surface area contributed by atoms with Crippen LogP contribution in [0.4, 0.5) is 11.4 Å². The highest BCUT2D eigenvalue weighted by molar-refractivity contribution is 6.14. The molecule has 0 aliphatic heterocycles. The number of aliphatic imine (C=N–C) groups is 2. The highest BCUT2D eigenvalue weighted by atomic mass is 14.8. The van der Waals surface area contributed by atoms with Crippen LogP contribution in [0.3, 0.4) is 0 Å². The van der Waals surface area contributed by atoms with Crippen LogP contribution in [0.15, 0.2) is 204 Å². The van der Waals surface area contributed by atoms with E-state index in [-0.39, 0.29) is 0 Å². The first-order valence-corrected chi connectivity index (χ1v) is 18.8. The lowest BCUT2D eigenvalue weighted by Gasteiger charge is -2.16. The number of rotatable bonds is 7. The molecule has 0 aliphatic carbocycles. The molecule has 0 spiro atoms. The lowest BCUT2D eigenvalue weighted by atomic mass is 9.91. The van der Waals surface area contributed by atoms with Gasteiger partial charge in [0.1, 0.15) is 0 Å². The maximum atomic E-state index is 5.24. The molecule has 0 radical (unpaired) electrons. The Kier molecular flexibility index (Phi) is 8.47. The largest absolute Gasteiger partial charge is 0.254 e. The summed E-state index contributed by atoms with van der Waals surface area (Å²) in [5.74, 6) is 0. The summed E-state index contributed by atoms with van der Waals surface area (Å²) in [7, 11) is 0. The molecule has 0 fully saturated rings. The van der Waals surface area contributed by atoms with Gasteiger partial charge >= 0.3 is 0 Å². The average Bonchev–Trinajstić information content (AvgIpc) is 3.27. The number of pyridine rings is 2. The van der Waals surface area contributed by atoms with Crippen LogP contribution < -0.4 is 0 Å². The van der Waals surface area contributed by atoms with Gasteiger partial charge in [-0.25, -0.2) is 9.97 Å². The normalized spacial score (nSPS) is 11.8. The Bertz CT molecular complexity index is 2920. The quantitative estimate of drug-likeness (QED) is 0.154. The minimum absolute atomic E-state index is 0.787. The number of benzene rings is 8. The summed E-state index contributed by atoms with van der Waals surface area (Å²) in [6.07, 6.45) is 3.79. The van der Waals surface area contributed by atoms with Gasteiger partial charge in [-0.3, -0.25) is 9.98 Å². The van der Waals surface area contributed by atoms with Crippen LogP contribution in [0.1, 0.15) is 11.4 Å². The van der Waals surface area contributed by atoms with Gasteiger partial charge in [-0.15, -0.1) is 0 Å². The summed E-state index contributed by atoms with van der Waals surface area (Å²) in [4.78, 5) is 20.6. The molecule has 0 unspecified atom stereocenters. The second-order valence-electron chi connectivity index (χ2n) is 13.8. The fourth-order valence-electron chi connectivity index (χ4n) is 7.77. The molecular formula is C52H34N4. The van der Waals surface area contributed by atoms with Crippen LogP contribution in [-0.2, 0) is 0 Å². The van der Waals surface area contributed by atoms with Crippen LogP contribution in [0.2, 0.25) is 0 Å². The van der Waals surface area contributed by atoms with Gasteiger partial charge in [-0.2, -0.15) is 0 Å². The zero-order valence-electron chi connectivity index (χ0n) is 30.4.